The number of carbonyl (C=O) groups is 3. The monoisotopic (exact) mass is 249 g/mol. The van der Waals surface area contributed by atoms with E-state index in [0.29, 0.717) is 6.42 Å². The summed E-state index contributed by atoms with van der Waals surface area (Å²) in [7, 11) is 0. The predicted octanol–water partition coefficient (Wildman–Crippen LogP) is 1.03. The van der Waals surface area contributed by atoms with Crippen molar-refractivity contribution in [2.45, 2.75) is 6.42 Å². The van der Waals surface area contributed by atoms with Gasteiger partial charge in [-0.15, -0.1) is 0 Å². The van der Waals surface area contributed by atoms with Crippen molar-refractivity contribution < 1.29 is 23.9 Å². The lowest BCUT2D eigenvalue weighted by atomic mass is 10.1. The normalized spacial score (nSPS) is 25.3. The number of carboxylic acids is 1. The molecular formula is C12H8FNO4. The summed E-state index contributed by atoms with van der Waals surface area (Å²) in [6.45, 7) is 0. The average Bonchev–Trinajstić information content (AvgIpc) is 3.06. The van der Waals surface area contributed by atoms with E-state index in [-0.39, 0.29) is 29.3 Å². The molecule has 0 bridgehead atoms. The van der Waals surface area contributed by atoms with Crippen molar-refractivity contribution in [3.05, 3.63) is 29.6 Å². The highest BCUT2D eigenvalue weighted by molar-refractivity contribution is 6.24. The van der Waals surface area contributed by atoms with Gasteiger partial charge in [0.1, 0.15) is 5.82 Å². The fourth-order valence-corrected chi connectivity index (χ4v) is 2.25. The van der Waals surface area contributed by atoms with Crippen LogP contribution < -0.4 is 4.90 Å². The number of nitrogens with zero attached hydrogens (tertiary/aromatic N) is 1. The summed E-state index contributed by atoms with van der Waals surface area (Å²) in [4.78, 5) is 35.3. The molecule has 1 aliphatic heterocycles. The summed E-state index contributed by atoms with van der Waals surface area (Å²) >= 11 is 0. The zero-order chi connectivity index (χ0) is 13.0. The second-order valence-corrected chi connectivity index (χ2v) is 4.43. The Morgan fingerprint density at radius 1 is 1.28 bits per heavy atom. The van der Waals surface area contributed by atoms with Crippen LogP contribution in [0.2, 0.25) is 0 Å². The summed E-state index contributed by atoms with van der Waals surface area (Å²) in [6, 6.07) is 3.20. The Morgan fingerprint density at radius 2 is 1.89 bits per heavy atom. The van der Waals surface area contributed by atoms with E-state index in [1.165, 1.54) is 6.07 Å². The number of benzene rings is 1. The molecule has 1 aromatic carbocycles. The van der Waals surface area contributed by atoms with Gasteiger partial charge in [0, 0.05) is 0 Å². The van der Waals surface area contributed by atoms with Gasteiger partial charge in [0.15, 0.2) is 0 Å². The van der Waals surface area contributed by atoms with Crippen molar-refractivity contribution >= 4 is 23.5 Å². The van der Waals surface area contributed by atoms with Crippen LogP contribution >= 0.6 is 0 Å². The number of carboxylic acid groups (broad SMARTS) is 1. The minimum atomic E-state index is -1.43. The first kappa shape index (κ1) is 10.9. The Bertz CT molecular complexity index is 578. The van der Waals surface area contributed by atoms with E-state index in [9.17, 15) is 18.8 Å². The summed E-state index contributed by atoms with van der Waals surface area (Å²) < 4.78 is 13.2. The van der Waals surface area contributed by atoms with Crippen LogP contribution in [-0.4, -0.2) is 22.9 Å². The molecule has 1 N–H and O–H groups in total. The number of carbonyl (C=O) groups excluding carboxylic acids is 2. The van der Waals surface area contributed by atoms with Crippen LogP contribution in [-0.2, 0) is 9.59 Å². The van der Waals surface area contributed by atoms with Crippen molar-refractivity contribution in [2.75, 3.05) is 4.90 Å². The maximum Gasteiger partial charge on any atom is 0.338 e. The van der Waals surface area contributed by atoms with Crippen LogP contribution in [0, 0.1) is 17.7 Å². The van der Waals surface area contributed by atoms with Gasteiger partial charge in [-0.25, -0.2) is 9.18 Å². The molecule has 2 aliphatic rings. The largest absolute Gasteiger partial charge is 0.478 e. The zero-order valence-corrected chi connectivity index (χ0v) is 9.09. The maximum atomic E-state index is 13.2. The highest BCUT2D eigenvalue weighted by Crippen LogP contribution is 2.48. The lowest BCUT2D eigenvalue weighted by molar-refractivity contribution is -0.123. The van der Waals surface area contributed by atoms with Crippen LogP contribution in [0.4, 0.5) is 10.1 Å². The standard InChI is InChI=1S/C12H8FNO4/c13-9-2-1-5(3-8(9)12(17)18)14-10(15)6-4-7(6)11(14)16/h1-3,6-7H,4H2,(H,17,18). The predicted molar refractivity (Wildman–Crippen MR) is 57.4 cm³/mol. The van der Waals surface area contributed by atoms with Gasteiger partial charge in [0.2, 0.25) is 11.8 Å². The van der Waals surface area contributed by atoms with Crippen LogP contribution in [0.3, 0.4) is 0 Å². The molecule has 3 rings (SSSR count). The molecule has 92 valence electrons. The van der Waals surface area contributed by atoms with E-state index in [0.717, 1.165) is 17.0 Å². The topological polar surface area (TPSA) is 74.7 Å². The molecule has 2 atom stereocenters. The second kappa shape index (κ2) is 3.38. The zero-order valence-electron chi connectivity index (χ0n) is 9.09. The van der Waals surface area contributed by atoms with E-state index >= 15 is 0 Å². The molecule has 1 heterocycles. The van der Waals surface area contributed by atoms with Crippen LogP contribution in [0.1, 0.15) is 16.8 Å². The number of anilines is 1. The molecule has 18 heavy (non-hydrogen) atoms. The Labute approximate surface area is 101 Å². The molecule has 1 saturated heterocycles. The lowest BCUT2D eigenvalue weighted by Crippen LogP contribution is -2.32. The molecule has 1 saturated carbocycles. The van der Waals surface area contributed by atoms with Crippen molar-refractivity contribution in [2.24, 2.45) is 11.8 Å². The molecule has 1 aliphatic carbocycles. The summed E-state index contributed by atoms with van der Waals surface area (Å²) in [5.74, 6) is -3.51. The minimum Gasteiger partial charge on any atom is -0.478 e. The number of halogens is 1. The minimum absolute atomic E-state index is 0.121. The molecule has 0 radical (unpaired) electrons. The van der Waals surface area contributed by atoms with Gasteiger partial charge in [-0.3, -0.25) is 14.5 Å². The summed E-state index contributed by atoms with van der Waals surface area (Å²) in [5, 5.41) is 8.80. The maximum absolute atomic E-state index is 13.2. The molecule has 0 spiro atoms. The average molecular weight is 249 g/mol. The fourth-order valence-electron chi connectivity index (χ4n) is 2.25. The van der Waals surface area contributed by atoms with Crippen LogP contribution in [0.25, 0.3) is 0 Å². The van der Waals surface area contributed by atoms with Gasteiger partial charge in [-0.05, 0) is 24.6 Å². The highest BCUT2D eigenvalue weighted by atomic mass is 19.1. The van der Waals surface area contributed by atoms with Gasteiger partial charge >= 0.3 is 5.97 Å². The van der Waals surface area contributed by atoms with Gasteiger partial charge in [-0.1, -0.05) is 0 Å². The van der Waals surface area contributed by atoms with E-state index in [4.69, 9.17) is 5.11 Å². The number of hydrogen-bond donors (Lipinski definition) is 1. The van der Waals surface area contributed by atoms with Gasteiger partial charge in [0.25, 0.3) is 0 Å². The molecule has 6 heteroatoms. The molecule has 2 fully saturated rings. The molecule has 2 unspecified atom stereocenters. The summed E-state index contributed by atoms with van der Waals surface area (Å²) in [6.07, 6.45) is 0.571. The highest BCUT2D eigenvalue weighted by Gasteiger charge is 2.59. The lowest BCUT2D eigenvalue weighted by Gasteiger charge is -2.16. The van der Waals surface area contributed by atoms with Crippen molar-refractivity contribution in [1.82, 2.24) is 0 Å². The number of rotatable bonds is 2. The first-order valence-corrected chi connectivity index (χ1v) is 5.41. The van der Waals surface area contributed by atoms with Crippen molar-refractivity contribution in [3.63, 3.8) is 0 Å². The number of aromatic carboxylic acids is 1. The Balaban J connectivity index is 2.03. The van der Waals surface area contributed by atoms with Crippen molar-refractivity contribution in [3.8, 4) is 0 Å². The van der Waals surface area contributed by atoms with Gasteiger partial charge < -0.3 is 5.11 Å². The first-order chi connectivity index (χ1) is 8.50. The van der Waals surface area contributed by atoms with E-state index in [1.807, 2.05) is 0 Å². The molecule has 5 nitrogen and oxygen atoms in total. The third-order valence-electron chi connectivity index (χ3n) is 3.30. The number of hydrogen-bond acceptors (Lipinski definition) is 3. The smallest absolute Gasteiger partial charge is 0.338 e. The quantitative estimate of drug-likeness (QED) is 0.794. The van der Waals surface area contributed by atoms with Gasteiger partial charge in [0.05, 0.1) is 23.1 Å². The number of piperidine rings is 1. The third-order valence-corrected chi connectivity index (χ3v) is 3.30. The van der Waals surface area contributed by atoms with E-state index in [2.05, 4.69) is 0 Å². The van der Waals surface area contributed by atoms with Crippen LogP contribution in [0.15, 0.2) is 18.2 Å². The van der Waals surface area contributed by atoms with E-state index < -0.39 is 17.3 Å². The summed E-state index contributed by atoms with van der Waals surface area (Å²) in [5.41, 5.74) is -0.426. The number of fused-ring (bicyclic) bond motifs is 1. The van der Waals surface area contributed by atoms with E-state index in [1.54, 1.807) is 0 Å². The molecule has 1 aromatic rings. The Hall–Kier alpha value is -2.24. The first-order valence-electron chi connectivity index (χ1n) is 5.41. The fraction of sp³-hybridized carbons (Fsp3) is 0.250. The molecule has 2 amide bonds. The Kier molecular flexibility index (Phi) is 2.04. The van der Waals surface area contributed by atoms with Crippen LogP contribution in [0.5, 0.6) is 0 Å². The Morgan fingerprint density at radius 3 is 2.44 bits per heavy atom. The SMILES string of the molecule is O=C(O)c1cc(N2C(=O)C3CC3C2=O)ccc1F. The number of imide groups is 1. The molecular weight excluding hydrogens is 241 g/mol. The third kappa shape index (κ3) is 1.35. The molecule has 0 aromatic heterocycles. The van der Waals surface area contributed by atoms with Gasteiger partial charge in [-0.2, -0.15) is 0 Å². The second-order valence-electron chi connectivity index (χ2n) is 4.43. The van der Waals surface area contributed by atoms with Crippen molar-refractivity contribution in [1.29, 1.82) is 0 Å². The number of amides is 2.